The Hall–Kier alpha value is -4.47. The molecule has 7 aromatic rings. The molecule has 0 spiro atoms. The molecule has 0 saturated heterocycles. The maximum absolute atomic E-state index is 8.49. The number of halogens is 4. The second-order valence-corrected chi connectivity index (χ2v) is 30.4. The third kappa shape index (κ3) is 22.0. The van der Waals surface area contributed by atoms with Crippen LogP contribution in [-0.2, 0) is 43.6 Å². The lowest BCUT2D eigenvalue weighted by atomic mass is 9.93. The molecule has 9 rings (SSSR count). The summed E-state index contributed by atoms with van der Waals surface area (Å²) in [5.41, 5.74) is 14.3. The number of nitrogens with one attached hydrogen (secondary N) is 3. The van der Waals surface area contributed by atoms with E-state index in [1.165, 1.54) is 30.7 Å². The summed E-state index contributed by atoms with van der Waals surface area (Å²) >= 11 is 0. The number of nitrogens with zero attached hydrogens (tertiary/aromatic N) is 1. The first-order valence-electron chi connectivity index (χ1n) is 24.9. The predicted octanol–water partition coefficient (Wildman–Crippen LogP) is -8.44. The van der Waals surface area contributed by atoms with Gasteiger partial charge < -0.3 is 15.0 Å². The summed E-state index contributed by atoms with van der Waals surface area (Å²) < 4.78 is 136. The van der Waals surface area contributed by atoms with Gasteiger partial charge in [0.1, 0.15) is 48.0 Å². The van der Waals surface area contributed by atoms with Crippen LogP contribution in [0.3, 0.4) is 0 Å². The van der Waals surface area contributed by atoms with E-state index in [1.807, 2.05) is 0 Å². The normalized spacial score (nSPS) is 15.7. The van der Waals surface area contributed by atoms with E-state index in [9.17, 15) is 0 Å². The van der Waals surface area contributed by atoms with Crippen molar-refractivity contribution < 1.29 is 116 Å². The van der Waals surface area contributed by atoms with Crippen LogP contribution in [-0.4, -0.2) is 68.7 Å². The molecule has 0 radical (unpaired) electrons. The number of rotatable bonds is 12. The molecule has 4 aromatic carbocycles. The van der Waals surface area contributed by atoms with Crippen LogP contribution >= 0.6 is 0 Å². The molecular weight excluding hydrogens is 1250 g/mol. The van der Waals surface area contributed by atoms with E-state index >= 15 is 0 Å². The van der Waals surface area contributed by atoms with Crippen molar-refractivity contribution in [3.63, 3.8) is 0 Å². The lowest BCUT2D eigenvalue weighted by Gasteiger charge is -2.17. The minimum Gasteiger partial charge on any atom is -0.357 e. The summed E-state index contributed by atoms with van der Waals surface area (Å²) in [7, 11) is -19.0. The van der Waals surface area contributed by atoms with Gasteiger partial charge in [-0.1, -0.05) is 12.1 Å². The van der Waals surface area contributed by atoms with Gasteiger partial charge in [-0.2, -0.15) is 0 Å². The zero-order chi connectivity index (χ0) is 62.5. The Morgan fingerprint density at radius 2 is 0.655 bits per heavy atom. The Bertz CT molecular complexity index is 3390. The highest BCUT2D eigenvalue weighted by Gasteiger charge is 2.27. The van der Waals surface area contributed by atoms with Crippen molar-refractivity contribution in [1.82, 2.24) is 15.0 Å². The molecule has 0 saturated carbocycles. The van der Waals surface area contributed by atoms with Crippen molar-refractivity contribution >= 4 is 66.0 Å². The number of hydrogen-bond acceptors (Lipinski definition) is 17. The van der Waals surface area contributed by atoms with E-state index in [4.69, 9.17) is 79.5 Å². The Morgan fingerprint density at radius 3 is 1.00 bits per heavy atom. The summed E-state index contributed by atoms with van der Waals surface area (Å²) in [6.45, 7) is 9.10. The first-order valence-corrected chi connectivity index (χ1v) is 37.0. The summed E-state index contributed by atoms with van der Waals surface area (Å²) in [4.78, 5) is 23.1. The highest BCUT2D eigenvalue weighted by atomic mass is 35.7. The molecular formula is C56H60Cl4N4O16S4. The lowest BCUT2D eigenvalue weighted by Crippen LogP contribution is -2.68. The van der Waals surface area contributed by atoms with Crippen LogP contribution in [0.25, 0.3) is 16.7 Å². The Morgan fingerprint density at radius 1 is 0.357 bits per heavy atom. The van der Waals surface area contributed by atoms with Gasteiger partial charge in [-0.15, -0.1) is 41.0 Å². The maximum Gasteiger partial charge on any atom is 0.154 e. The summed E-state index contributed by atoms with van der Waals surface area (Å²) in [5.74, 6) is 4.47. The second kappa shape index (κ2) is 30.9. The van der Waals surface area contributed by atoms with Crippen molar-refractivity contribution in [2.24, 2.45) is 4.99 Å². The largest absolute Gasteiger partial charge is 0.357 e. The molecule has 5 unspecified atom stereocenters. The van der Waals surface area contributed by atoms with Crippen molar-refractivity contribution in [1.29, 1.82) is 0 Å². The van der Waals surface area contributed by atoms with Crippen LogP contribution in [0.15, 0.2) is 176 Å². The molecule has 2 aliphatic rings. The zero-order valence-electron chi connectivity index (χ0n) is 46.4. The first-order chi connectivity index (χ1) is 39.2. The molecule has 452 valence electrons. The minimum absolute atomic E-state index is 0.0588. The van der Waals surface area contributed by atoms with Crippen LogP contribution in [0.2, 0.25) is 0 Å². The SMILES string of the molecule is CC[S+](C)c1ccc(C2=C3C=CC(=N3)C(c3ccc([S+](C)CC)cc3)=c3ccc([nH]3)=C(c3ccc([S+](C)CC)cc3)c3ccc([nH]3)C(c3ccc([S+](C)CC)cc3)c3ccc2[nH]3)cc1.[O-][Cl+3]([O-])([O-])[O-].[O-][Cl+3]([O-])([O-])[O-].[O-][Cl+3]([O-])([O-])[O-].[O-][Cl+3]([O-])([O-])[O-]. The number of benzene rings is 4. The van der Waals surface area contributed by atoms with Gasteiger partial charge in [0, 0.05) is 93.8 Å². The summed E-state index contributed by atoms with van der Waals surface area (Å²) in [6, 6.07) is 50.7. The van der Waals surface area contributed by atoms with Gasteiger partial charge >= 0.3 is 0 Å². The zero-order valence-corrected chi connectivity index (χ0v) is 52.7. The minimum atomic E-state index is -4.94. The van der Waals surface area contributed by atoms with E-state index in [-0.39, 0.29) is 49.5 Å². The fourth-order valence-electron chi connectivity index (χ4n) is 8.77. The third-order valence-electron chi connectivity index (χ3n) is 12.9. The van der Waals surface area contributed by atoms with Gasteiger partial charge in [-0.05, 0) is 183 Å². The van der Waals surface area contributed by atoms with Crippen LogP contribution in [0, 0.1) is 41.0 Å². The van der Waals surface area contributed by atoms with Crippen molar-refractivity contribution in [2.75, 3.05) is 48.0 Å². The average molecular weight is 1320 g/mol. The molecule has 5 heterocycles. The Balaban J connectivity index is 0.000000558. The lowest BCUT2D eigenvalue weighted by molar-refractivity contribution is -2.00. The molecule has 0 amide bonds. The molecule has 84 heavy (non-hydrogen) atoms. The Labute approximate surface area is 506 Å². The van der Waals surface area contributed by atoms with Crippen LogP contribution in [0.1, 0.15) is 78.6 Å². The van der Waals surface area contributed by atoms with E-state index in [2.05, 4.69) is 213 Å². The number of aromatic nitrogens is 3. The van der Waals surface area contributed by atoms with Gasteiger partial charge in [0.25, 0.3) is 0 Å². The quantitative estimate of drug-likeness (QED) is 0.0957. The number of allylic oxidation sites excluding steroid dienone is 2. The molecule has 20 nitrogen and oxygen atoms in total. The maximum atomic E-state index is 8.49. The van der Waals surface area contributed by atoms with E-state index in [0.717, 1.165) is 95.7 Å². The summed E-state index contributed by atoms with van der Waals surface area (Å²) in [5, 5.41) is 2.10. The van der Waals surface area contributed by atoms with Gasteiger partial charge in [0.15, 0.2) is 19.6 Å². The standard InChI is InChI=1S/C56H60N4S4.4ClHO4/c1-9-61(5)41-21-13-37(14-22-41)53-45-29-31-47(57-45)54(38-15-23-42(24-16-38)62(6)10-2)49-33-35-51(59-49)56(40-19-27-44(28-20-40)64(8)12-4)52-36-34-50(60-52)55(48-32-30-46(53)58-48)39-17-25-43(26-18-39)63(7)11-3;4*2-1(3,4)5/h13-36,53,57-59H,9-12H2,1-8H3;4*(H,2,3,4,5)/q+4;;;;/p-4. The van der Waals surface area contributed by atoms with Crippen molar-refractivity contribution in [2.45, 2.75) is 53.2 Å². The number of aliphatic imine (C=N–C) groups is 1. The highest BCUT2D eigenvalue weighted by molar-refractivity contribution is 7.97. The number of aromatic amines is 3. The number of fused-ring (bicyclic) bond motifs is 7. The van der Waals surface area contributed by atoms with E-state index in [0.29, 0.717) is 0 Å². The molecule has 0 fully saturated rings. The molecule has 0 aliphatic carbocycles. The van der Waals surface area contributed by atoms with Crippen LogP contribution < -0.4 is 85.2 Å². The van der Waals surface area contributed by atoms with Crippen molar-refractivity contribution in [3.05, 3.63) is 207 Å². The second-order valence-electron chi connectivity index (χ2n) is 18.1. The smallest absolute Gasteiger partial charge is 0.154 e. The molecule has 28 heteroatoms. The van der Waals surface area contributed by atoms with Gasteiger partial charge in [0.05, 0.1) is 17.3 Å². The van der Waals surface area contributed by atoms with E-state index < -0.39 is 41.0 Å². The topological polar surface area (TPSA) is 429 Å². The predicted molar refractivity (Wildman–Crippen MR) is 283 cm³/mol. The molecule has 8 bridgehead atoms. The van der Waals surface area contributed by atoms with Gasteiger partial charge in [-0.25, -0.2) is 79.5 Å². The van der Waals surface area contributed by atoms with Crippen LogP contribution in [0.4, 0.5) is 0 Å². The average Bonchev–Trinajstić information content (AvgIpc) is 3.78. The van der Waals surface area contributed by atoms with E-state index in [1.54, 1.807) is 0 Å². The fourth-order valence-corrected chi connectivity index (χ4v) is 12.5. The monoisotopic (exact) mass is 1310 g/mol. The number of hydrogen-bond donors (Lipinski definition) is 3. The Kier molecular flexibility index (Phi) is 25.9. The van der Waals surface area contributed by atoms with Gasteiger partial charge in [-0.3, -0.25) is 0 Å². The summed E-state index contributed by atoms with van der Waals surface area (Å²) in [6.07, 6.45) is 13.8. The molecule has 5 atom stereocenters. The van der Waals surface area contributed by atoms with Gasteiger partial charge in [0.2, 0.25) is 0 Å². The van der Waals surface area contributed by atoms with Crippen molar-refractivity contribution in [3.8, 4) is 0 Å². The molecule has 3 N–H and O–H groups in total. The molecule has 2 aliphatic heterocycles. The highest BCUT2D eigenvalue weighted by Crippen LogP contribution is 2.38. The fraction of sp³-hybridized carbons (Fsp3) is 0.232. The van der Waals surface area contributed by atoms with Crippen LogP contribution in [0.5, 0.6) is 0 Å². The molecule has 3 aromatic heterocycles. The number of H-pyrrole nitrogens is 3. The third-order valence-corrected chi connectivity index (χ3v) is 20.7. The first kappa shape index (κ1) is 70.3.